The zero-order valence-electron chi connectivity index (χ0n) is 15.1. The maximum atomic E-state index is 9.63. The largest absolute Gasteiger partial charge is 0.493 e. The highest BCUT2D eigenvalue weighted by Crippen LogP contribution is 2.24. The molecule has 1 aliphatic carbocycles. The number of rotatable bonds is 5. The minimum Gasteiger partial charge on any atom is -0.493 e. The first-order valence-electron chi connectivity index (χ1n) is 9.68. The second-order valence-corrected chi connectivity index (χ2v) is 7.43. The van der Waals surface area contributed by atoms with E-state index in [1.807, 2.05) is 24.4 Å². The fraction of sp³-hybridized carbons (Fsp3) is 0.600. The maximum absolute atomic E-state index is 9.63. The van der Waals surface area contributed by atoms with Crippen molar-refractivity contribution >= 4 is 16.9 Å². The molecule has 2 aromatic rings. The molecule has 1 saturated carbocycles. The summed E-state index contributed by atoms with van der Waals surface area (Å²) in [6.45, 7) is 2.41. The average molecular weight is 357 g/mol. The summed E-state index contributed by atoms with van der Waals surface area (Å²) in [5.74, 6) is 2.08. The number of hydrogen-bond donors (Lipinski definition) is 2. The monoisotopic (exact) mass is 357 g/mol. The fourth-order valence-corrected chi connectivity index (χ4v) is 3.69. The van der Waals surface area contributed by atoms with Crippen LogP contribution in [-0.2, 0) is 4.74 Å². The normalized spacial score (nSPS) is 24.5. The predicted octanol–water partition coefficient (Wildman–Crippen LogP) is 3.15. The van der Waals surface area contributed by atoms with E-state index in [0.717, 1.165) is 75.0 Å². The van der Waals surface area contributed by atoms with Crippen LogP contribution in [-0.4, -0.2) is 47.0 Å². The van der Waals surface area contributed by atoms with Gasteiger partial charge in [0.05, 0.1) is 18.2 Å². The van der Waals surface area contributed by atoms with Crippen LogP contribution in [0.5, 0.6) is 5.75 Å². The Hall–Kier alpha value is -1.92. The van der Waals surface area contributed by atoms with Gasteiger partial charge in [0, 0.05) is 36.9 Å². The number of fused-ring (bicyclic) bond motifs is 1. The molecule has 0 atom stereocenters. The van der Waals surface area contributed by atoms with Crippen LogP contribution >= 0.6 is 0 Å². The van der Waals surface area contributed by atoms with Crippen molar-refractivity contribution in [2.75, 3.05) is 25.1 Å². The Balaban J connectivity index is 1.40. The van der Waals surface area contributed by atoms with E-state index in [-0.39, 0.29) is 6.10 Å². The zero-order valence-corrected chi connectivity index (χ0v) is 15.1. The molecule has 140 valence electrons. The average Bonchev–Trinajstić information content (AvgIpc) is 2.69. The highest BCUT2D eigenvalue weighted by molar-refractivity contribution is 5.80. The SMILES string of the molecule is OC1CCC(Nc2ncc3ccc(OCC4CCOCC4)cc3n2)CC1. The van der Waals surface area contributed by atoms with Gasteiger partial charge in [-0.25, -0.2) is 9.97 Å². The van der Waals surface area contributed by atoms with Crippen LogP contribution in [0.15, 0.2) is 24.4 Å². The van der Waals surface area contributed by atoms with Gasteiger partial charge in [0.15, 0.2) is 0 Å². The third-order valence-corrected chi connectivity index (χ3v) is 5.41. The van der Waals surface area contributed by atoms with Crippen molar-refractivity contribution in [1.29, 1.82) is 0 Å². The van der Waals surface area contributed by atoms with Crippen molar-refractivity contribution in [2.24, 2.45) is 5.92 Å². The summed E-state index contributed by atoms with van der Waals surface area (Å²) in [5, 5.41) is 14.0. The number of anilines is 1. The van der Waals surface area contributed by atoms with Gasteiger partial charge in [-0.3, -0.25) is 0 Å². The molecule has 6 nitrogen and oxygen atoms in total. The maximum Gasteiger partial charge on any atom is 0.223 e. The Labute approximate surface area is 153 Å². The van der Waals surface area contributed by atoms with Crippen molar-refractivity contribution in [2.45, 2.75) is 50.7 Å². The molecule has 4 rings (SSSR count). The molecule has 2 heterocycles. The van der Waals surface area contributed by atoms with Gasteiger partial charge in [0.2, 0.25) is 5.95 Å². The van der Waals surface area contributed by atoms with Crippen molar-refractivity contribution in [3.8, 4) is 5.75 Å². The lowest BCUT2D eigenvalue weighted by molar-refractivity contribution is 0.0498. The van der Waals surface area contributed by atoms with E-state index >= 15 is 0 Å². The lowest BCUT2D eigenvalue weighted by Crippen LogP contribution is -2.28. The summed E-state index contributed by atoms with van der Waals surface area (Å²) in [5.41, 5.74) is 0.892. The number of aromatic nitrogens is 2. The summed E-state index contributed by atoms with van der Waals surface area (Å²) in [7, 11) is 0. The zero-order chi connectivity index (χ0) is 17.8. The molecular weight excluding hydrogens is 330 g/mol. The topological polar surface area (TPSA) is 76.5 Å². The standard InChI is InChI=1S/C20H27N3O3/c24-17-4-2-16(3-5-17)22-20-21-12-15-1-6-18(11-19(15)23-20)26-13-14-7-9-25-10-8-14/h1,6,11-12,14,16-17,24H,2-5,7-10,13H2,(H,21,22,23). The first-order chi connectivity index (χ1) is 12.8. The number of ether oxygens (including phenoxy) is 2. The van der Waals surface area contributed by atoms with Gasteiger partial charge < -0.3 is 19.9 Å². The predicted molar refractivity (Wildman–Crippen MR) is 100 cm³/mol. The molecule has 0 amide bonds. The Morgan fingerprint density at radius 3 is 2.73 bits per heavy atom. The molecule has 1 saturated heterocycles. The number of nitrogens with zero attached hydrogens (tertiary/aromatic N) is 2. The molecule has 2 fully saturated rings. The van der Waals surface area contributed by atoms with Crippen LogP contribution in [0.2, 0.25) is 0 Å². The van der Waals surface area contributed by atoms with Gasteiger partial charge in [-0.15, -0.1) is 0 Å². The lowest BCUT2D eigenvalue weighted by Gasteiger charge is -2.26. The van der Waals surface area contributed by atoms with Crippen LogP contribution in [0.4, 0.5) is 5.95 Å². The lowest BCUT2D eigenvalue weighted by atomic mass is 9.93. The molecule has 0 radical (unpaired) electrons. The summed E-state index contributed by atoms with van der Waals surface area (Å²) in [4.78, 5) is 9.09. The Morgan fingerprint density at radius 2 is 1.92 bits per heavy atom. The number of hydrogen-bond acceptors (Lipinski definition) is 6. The molecule has 26 heavy (non-hydrogen) atoms. The van der Waals surface area contributed by atoms with E-state index in [2.05, 4.69) is 15.3 Å². The third-order valence-electron chi connectivity index (χ3n) is 5.41. The minimum absolute atomic E-state index is 0.152. The quantitative estimate of drug-likeness (QED) is 0.856. The van der Waals surface area contributed by atoms with Crippen LogP contribution in [0.3, 0.4) is 0 Å². The van der Waals surface area contributed by atoms with Gasteiger partial charge in [-0.2, -0.15) is 0 Å². The number of aliphatic hydroxyl groups is 1. The third kappa shape index (κ3) is 4.43. The van der Waals surface area contributed by atoms with Gasteiger partial charge in [-0.05, 0) is 56.6 Å². The van der Waals surface area contributed by atoms with Gasteiger partial charge in [0.1, 0.15) is 5.75 Å². The number of nitrogens with one attached hydrogen (secondary N) is 1. The summed E-state index contributed by atoms with van der Waals surface area (Å²) >= 11 is 0. The van der Waals surface area contributed by atoms with Crippen LogP contribution in [0, 0.1) is 5.92 Å². The smallest absolute Gasteiger partial charge is 0.223 e. The van der Waals surface area contributed by atoms with Crippen molar-refractivity contribution in [3.63, 3.8) is 0 Å². The highest BCUT2D eigenvalue weighted by atomic mass is 16.5. The second kappa shape index (κ2) is 8.18. The summed E-state index contributed by atoms with van der Waals surface area (Å²) < 4.78 is 11.4. The highest BCUT2D eigenvalue weighted by Gasteiger charge is 2.20. The molecule has 0 spiro atoms. The Bertz CT molecular complexity index is 725. The van der Waals surface area contributed by atoms with Crippen molar-refractivity contribution in [1.82, 2.24) is 9.97 Å². The van der Waals surface area contributed by atoms with E-state index < -0.39 is 0 Å². The number of aliphatic hydroxyl groups excluding tert-OH is 1. The minimum atomic E-state index is -0.152. The first-order valence-corrected chi connectivity index (χ1v) is 9.68. The van der Waals surface area contributed by atoms with E-state index in [0.29, 0.717) is 17.9 Å². The summed E-state index contributed by atoms with van der Waals surface area (Å²) in [6.07, 6.45) is 7.43. The molecule has 1 aromatic heterocycles. The molecule has 0 bridgehead atoms. The van der Waals surface area contributed by atoms with E-state index in [1.165, 1.54) is 0 Å². The number of benzene rings is 1. The van der Waals surface area contributed by atoms with Gasteiger partial charge in [0.25, 0.3) is 0 Å². The van der Waals surface area contributed by atoms with Crippen LogP contribution < -0.4 is 10.1 Å². The fourth-order valence-electron chi connectivity index (χ4n) is 3.69. The molecule has 0 unspecified atom stereocenters. The summed E-state index contributed by atoms with van der Waals surface area (Å²) in [6, 6.07) is 6.33. The first kappa shape index (κ1) is 17.5. The molecule has 1 aromatic carbocycles. The molecule has 2 N–H and O–H groups in total. The van der Waals surface area contributed by atoms with E-state index in [4.69, 9.17) is 9.47 Å². The van der Waals surface area contributed by atoms with Crippen molar-refractivity contribution in [3.05, 3.63) is 24.4 Å². The molecular formula is C20H27N3O3. The van der Waals surface area contributed by atoms with Gasteiger partial charge in [-0.1, -0.05) is 0 Å². The van der Waals surface area contributed by atoms with E-state index in [9.17, 15) is 5.11 Å². The Kier molecular flexibility index (Phi) is 5.51. The van der Waals surface area contributed by atoms with Crippen LogP contribution in [0.1, 0.15) is 38.5 Å². The molecule has 6 heteroatoms. The van der Waals surface area contributed by atoms with Crippen LogP contribution in [0.25, 0.3) is 10.9 Å². The Morgan fingerprint density at radius 1 is 1.12 bits per heavy atom. The second-order valence-electron chi connectivity index (χ2n) is 7.43. The van der Waals surface area contributed by atoms with E-state index in [1.54, 1.807) is 0 Å². The molecule has 2 aliphatic rings. The van der Waals surface area contributed by atoms with Crippen molar-refractivity contribution < 1.29 is 14.6 Å². The molecule has 1 aliphatic heterocycles. The van der Waals surface area contributed by atoms with Gasteiger partial charge >= 0.3 is 0 Å².